The van der Waals surface area contributed by atoms with Crippen molar-refractivity contribution < 1.29 is 9.53 Å². The molecule has 2 aromatic carbocycles. The molecule has 1 aromatic heterocycles. The van der Waals surface area contributed by atoms with E-state index in [1.807, 2.05) is 54.6 Å². The molecule has 0 saturated heterocycles. The van der Waals surface area contributed by atoms with Crippen LogP contribution in [0, 0.1) is 0 Å². The zero-order valence-corrected chi connectivity index (χ0v) is 11.8. The highest BCUT2D eigenvalue weighted by molar-refractivity contribution is 5.92. The molecule has 0 radical (unpaired) electrons. The third-order valence-electron chi connectivity index (χ3n) is 3.03. The number of ether oxygens (including phenoxy) is 1. The fourth-order valence-electron chi connectivity index (χ4n) is 2.03. The van der Waals surface area contributed by atoms with E-state index in [-0.39, 0.29) is 12.5 Å². The molecule has 1 heterocycles. The van der Waals surface area contributed by atoms with E-state index < -0.39 is 0 Å². The van der Waals surface area contributed by atoms with Gasteiger partial charge in [0.25, 0.3) is 5.91 Å². The largest absolute Gasteiger partial charge is 0.484 e. The molecule has 0 aliphatic carbocycles. The Balaban J connectivity index is 1.61. The maximum atomic E-state index is 11.9. The van der Waals surface area contributed by atoms with Crippen LogP contribution in [0.15, 0.2) is 67.0 Å². The molecule has 2 N–H and O–H groups in total. The average molecular weight is 293 g/mol. The number of anilines is 1. The number of carbonyl (C=O) groups excluding carboxylic acids is 1. The maximum Gasteiger partial charge on any atom is 0.262 e. The molecule has 0 aliphatic rings. The Bertz CT molecular complexity index is 740. The molecule has 3 rings (SSSR count). The molecule has 22 heavy (non-hydrogen) atoms. The van der Waals surface area contributed by atoms with Crippen molar-refractivity contribution in [1.82, 2.24) is 9.97 Å². The lowest BCUT2D eigenvalue weighted by atomic mass is 10.2. The van der Waals surface area contributed by atoms with E-state index in [2.05, 4.69) is 15.3 Å². The molecular formula is C17H15N3O2. The molecule has 0 spiro atoms. The minimum atomic E-state index is -0.208. The van der Waals surface area contributed by atoms with Gasteiger partial charge in [0.1, 0.15) is 11.6 Å². The number of para-hydroxylation sites is 1. The molecule has 0 fully saturated rings. The van der Waals surface area contributed by atoms with Gasteiger partial charge in [-0.3, -0.25) is 4.79 Å². The summed E-state index contributed by atoms with van der Waals surface area (Å²) in [6.07, 6.45) is 3.45. The van der Waals surface area contributed by atoms with E-state index in [4.69, 9.17) is 4.74 Å². The first-order valence-electron chi connectivity index (χ1n) is 6.89. The summed E-state index contributed by atoms with van der Waals surface area (Å²) in [4.78, 5) is 19.1. The topological polar surface area (TPSA) is 67.0 Å². The summed E-state index contributed by atoms with van der Waals surface area (Å²) in [6, 6.07) is 16.7. The number of aromatic nitrogens is 2. The summed E-state index contributed by atoms with van der Waals surface area (Å²) in [5, 5.41) is 2.81. The molecule has 5 heteroatoms. The molecule has 3 aromatic rings. The molecular weight excluding hydrogens is 278 g/mol. The number of benzene rings is 2. The second-order valence-electron chi connectivity index (χ2n) is 4.67. The zero-order chi connectivity index (χ0) is 15.2. The van der Waals surface area contributed by atoms with Crippen molar-refractivity contribution in [2.24, 2.45) is 0 Å². The van der Waals surface area contributed by atoms with Crippen LogP contribution in [0.25, 0.3) is 11.4 Å². The van der Waals surface area contributed by atoms with Crippen molar-refractivity contribution in [1.29, 1.82) is 0 Å². The van der Waals surface area contributed by atoms with Gasteiger partial charge in [-0.1, -0.05) is 30.3 Å². The fraction of sp³-hybridized carbons (Fsp3) is 0.0588. The number of rotatable bonds is 5. The lowest BCUT2D eigenvalue weighted by Crippen LogP contribution is -2.20. The minimum Gasteiger partial charge on any atom is -0.484 e. The van der Waals surface area contributed by atoms with E-state index in [1.165, 1.54) is 0 Å². The Morgan fingerprint density at radius 2 is 2.00 bits per heavy atom. The fourth-order valence-corrected chi connectivity index (χ4v) is 2.03. The minimum absolute atomic E-state index is 0.0327. The van der Waals surface area contributed by atoms with Crippen molar-refractivity contribution in [3.63, 3.8) is 0 Å². The molecule has 0 unspecified atom stereocenters. The van der Waals surface area contributed by atoms with Crippen molar-refractivity contribution >= 4 is 11.6 Å². The lowest BCUT2D eigenvalue weighted by molar-refractivity contribution is -0.118. The quantitative estimate of drug-likeness (QED) is 0.759. The van der Waals surface area contributed by atoms with Crippen LogP contribution in [0.2, 0.25) is 0 Å². The number of hydrogen-bond donors (Lipinski definition) is 2. The number of amides is 1. The first kappa shape index (κ1) is 13.9. The van der Waals surface area contributed by atoms with Crippen LogP contribution in [0.1, 0.15) is 0 Å². The average Bonchev–Trinajstić information content (AvgIpc) is 3.09. The Morgan fingerprint density at radius 1 is 1.14 bits per heavy atom. The third-order valence-corrected chi connectivity index (χ3v) is 3.03. The van der Waals surface area contributed by atoms with Gasteiger partial charge in [-0.25, -0.2) is 4.98 Å². The normalized spacial score (nSPS) is 10.2. The van der Waals surface area contributed by atoms with Gasteiger partial charge >= 0.3 is 0 Å². The molecule has 0 aliphatic heterocycles. The predicted molar refractivity (Wildman–Crippen MR) is 84.6 cm³/mol. The summed E-state index contributed by atoms with van der Waals surface area (Å²) in [7, 11) is 0. The Morgan fingerprint density at radius 3 is 2.77 bits per heavy atom. The number of nitrogens with one attached hydrogen (secondary N) is 2. The third kappa shape index (κ3) is 3.52. The number of carbonyl (C=O) groups is 1. The van der Waals surface area contributed by atoms with E-state index in [0.29, 0.717) is 11.4 Å². The molecule has 5 nitrogen and oxygen atoms in total. The summed E-state index contributed by atoms with van der Waals surface area (Å²) in [6.45, 7) is -0.0327. The van der Waals surface area contributed by atoms with Gasteiger partial charge < -0.3 is 15.0 Å². The highest BCUT2D eigenvalue weighted by Crippen LogP contribution is 2.19. The number of aromatic amines is 1. The van der Waals surface area contributed by atoms with Gasteiger partial charge in [0, 0.05) is 23.6 Å². The summed E-state index contributed by atoms with van der Waals surface area (Å²) in [5.41, 5.74) is 1.61. The smallest absolute Gasteiger partial charge is 0.262 e. The highest BCUT2D eigenvalue weighted by atomic mass is 16.5. The summed E-state index contributed by atoms with van der Waals surface area (Å²) < 4.78 is 5.41. The van der Waals surface area contributed by atoms with Crippen LogP contribution in [0.3, 0.4) is 0 Å². The van der Waals surface area contributed by atoms with Crippen molar-refractivity contribution in [3.8, 4) is 17.1 Å². The van der Waals surface area contributed by atoms with E-state index in [0.717, 1.165) is 11.4 Å². The Labute approximate surface area is 128 Å². The monoisotopic (exact) mass is 293 g/mol. The molecule has 0 atom stereocenters. The summed E-state index contributed by atoms with van der Waals surface area (Å²) >= 11 is 0. The second kappa shape index (κ2) is 6.58. The second-order valence-corrected chi connectivity index (χ2v) is 4.67. The molecule has 0 bridgehead atoms. The molecule has 110 valence electrons. The van der Waals surface area contributed by atoms with Gasteiger partial charge in [0.15, 0.2) is 6.61 Å². The predicted octanol–water partition coefficient (Wildman–Crippen LogP) is 3.09. The van der Waals surface area contributed by atoms with Crippen molar-refractivity contribution in [3.05, 3.63) is 67.0 Å². The number of imidazole rings is 1. The standard InChI is InChI=1S/C17H15N3O2/c21-16(12-22-15-7-2-1-3-8-15)20-14-6-4-5-13(11-14)17-18-9-10-19-17/h1-11H,12H2,(H,18,19)(H,20,21). The van der Waals surface area contributed by atoms with Crippen molar-refractivity contribution in [2.75, 3.05) is 11.9 Å². The van der Waals surface area contributed by atoms with Gasteiger partial charge in [0.05, 0.1) is 0 Å². The number of hydrogen-bond acceptors (Lipinski definition) is 3. The van der Waals surface area contributed by atoms with E-state index in [1.54, 1.807) is 12.4 Å². The summed E-state index contributed by atoms with van der Waals surface area (Å²) in [5.74, 6) is 1.22. The first-order valence-corrected chi connectivity index (χ1v) is 6.89. The number of nitrogens with zero attached hydrogens (tertiary/aromatic N) is 1. The van der Waals surface area contributed by atoms with Crippen LogP contribution >= 0.6 is 0 Å². The van der Waals surface area contributed by atoms with Crippen LogP contribution in [-0.2, 0) is 4.79 Å². The lowest BCUT2D eigenvalue weighted by Gasteiger charge is -2.08. The maximum absolute atomic E-state index is 11.9. The molecule has 1 amide bonds. The van der Waals surface area contributed by atoms with Gasteiger partial charge in [-0.05, 0) is 24.3 Å². The van der Waals surface area contributed by atoms with Crippen LogP contribution < -0.4 is 10.1 Å². The molecule has 0 saturated carbocycles. The zero-order valence-electron chi connectivity index (χ0n) is 11.8. The number of H-pyrrole nitrogens is 1. The van der Waals surface area contributed by atoms with Crippen LogP contribution in [-0.4, -0.2) is 22.5 Å². The SMILES string of the molecule is O=C(COc1ccccc1)Nc1cccc(-c2ncc[nH]2)c1. The first-order chi connectivity index (χ1) is 10.8. The van der Waals surface area contributed by atoms with Crippen LogP contribution in [0.5, 0.6) is 5.75 Å². The van der Waals surface area contributed by atoms with Gasteiger partial charge in [-0.2, -0.15) is 0 Å². The Kier molecular flexibility index (Phi) is 4.15. The van der Waals surface area contributed by atoms with E-state index >= 15 is 0 Å². The van der Waals surface area contributed by atoms with Crippen LogP contribution in [0.4, 0.5) is 5.69 Å². The van der Waals surface area contributed by atoms with Gasteiger partial charge in [0.2, 0.25) is 0 Å². The van der Waals surface area contributed by atoms with E-state index in [9.17, 15) is 4.79 Å². The van der Waals surface area contributed by atoms with Crippen molar-refractivity contribution in [2.45, 2.75) is 0 Å². The Hall–Kier alpha value is -3.08. The highest BCUT2D eigenvalue weighted by Gasteiger charge is 2.06. The van der Waals surface area contributed by atoms with Gasteiger partial charge in [-0.15, -0.1) is 0 Å².